The Morgan fingerprint density at radius 3 is 2.55 bits per heavy atom. The molecule has 1 aromatic rings. The fourth-order valence-corrected chi connectivity index (χ4v) is 2.96. The second-order valence-electron chi connectivity index (χ2n) is 5.52. The summed E-state index contributed by atoms with van der Waals surface area (Å²) in [6, 6.07) is 1.77. The Kier molecular flexibility index (Phi) is 6.77. The molecule has 1 amide bonds. The lowest BCUT2D eigenvalue weighted by Crippen LogP contribution is -2.33. The molecular weight excluding hydrogens is 270 g/mol. The van der Waals surface area contributed by atoms with Crippen LogP contribution in [0.3, 0.4) is 0 Å². The SMILES string of the molecule is CC(C)C(CNC(=O)c1csc(C#CCO)c1)C(C)C. The molecule has 4 heteroatoms. The lowest BCUT2D eigenvalue weighted by atomic mass is 9.85. The van der Waals surface area contributed by atoms with Crippen LogP contribution in [0.25, 0.3) is 0 Å². The van der Waals surface area contributed by atoms with E-state index in [4.69, 9.17) is 5.11 Å². The van der Waals surface area contributed by atoms with Crippen molar-refractivity contribution < 1.29 is 9.90 Å². The zero-order valence-corrected chi connectivity index (χ0v) is 13.4. The van der Waals surface area contributed by atoms with E-state index >= 15 is 0 Å². The van der Waals surface area contributed by atoms with E-state index in [-0.39, 0.29) is 12.5 Å². The summed E-state index contributed by atoms with van der Waals surface area (Å²) < 4.78 is 0. The predicted molar refractivity (Wildman–Crippen MR) is 83.8 cm³/mol. The number of amides is 1. The maximum Gasteiger partial charge on any atom is 0.252 e. The van der Waals surface area contributed by atoms with Crippen LogP contribution in [-0.2, 0) is 0 Å². The topological polar surface area (TPSA) is 49.3 Å². The van der Waals surface area contributed by atoms with Crippen molar-refractivity contribution in [3.05, 3.63) is 21.9 Å². The number of thiophene rings is 1. The molecule has 0 aliphatic heterocycles. The highest BCUT2D eigenvalue weighted by Crippen LogP contribution is 2.20. The van der Waals surface area contributed by atoms with Crippen LogP contribution in [0, 0.1) is 29.6 Å². The lowest BCUT2D eigenvalue weighted by molar-refractivity contribution is 0.0937. The smallest absolute Gasteiger partial charge is 0.252 e. The van der Waals surface area contributed by atoms with Crippen LogP contribution in [0.1, 0.15) is 42.9 Å². The van der Waals surface area contributed by atoms with E-state index in [0.29, 0.717) is 29.9 Å². The Labute approximate surface area is 125 Å². The third-order valence-electron chi connectivity index (χ3n) is 3.36. The van der Waals surface area contributed by atoms with Crippen molar-refractivity contribution in [1.82, 2.24) is 5.32 Å². The second kappa shape index (κ2) is 8.08. The average molecular weight is 293 g/mol. The van der Waals surface area contributed by atoms with E-state index in [0.717, 1.165) is 4.88 Å². The summed E-state index contributed by atoms with van der Waals surface area (Å²) >= 11 is 1.42. The van der Waals surface area contributed by atoms with Crippen molar-refractivity contribution >= 4 is 17.2 Å². The van der Waals surface area contributed by atoms with E-state index in [9.17, 15) is 4.79 Å². The summed E-state index contributed by atoms with van der Waals surface area (Å²) in [4.78, 5) is 12.9. The van der Waals surface area contributed by atoms with E-state index in [2.05, 4.69) is 44.9 Å². The molecular formula is C16H23NO2S. The molecule has 1 rings (SSSR count). The Balaban J connectivity index is 2.60. The maximum absolute atomic E-state index is 12.1. The molecule has 0 radical (unpaired) electrons. The van der Waals surface area contributed by atoms with Gasteiger partial charge in [-0.25, -0.2) is 0 Å². The predicted octanol–water partition coefficient (Wildman–Crippen LogP) is 2.75. The van der Waals surface area contributed by atoms with E-state index in [1.165, 1.54) is 11.3 Å². The molecule has 1 heterocycles. The fourth-order valence-electron chi connectivity index (χ4n) is 2.20. The quantitative estimate of drug-likeness (QED) is 0.820. The fraction of sp³-hybridized carbons (Fsp3) is 0.562. The van der Waals surface area contributed by atoms with Crippen molar-refractivity contribution in [2.75, 3.05) is 13.2 Å². The Morgan fingerprint density at radius 1 is 1.35 bits per heavy atom. The third-order valence-corrected chi connectivity index (χ3v) is 4.21. The zero-order chi connectivity index (χ0) is 15.1. The number of hydrogen-bond donors (Lipinski definition) is 2. The molecule has 20 heavy (non-hydrogen) atoms. The largest absolute Gasteiger partial charge is 0.384 e. The molecule has 3 nitrogen and oxygen atoms in total. The van der Waals surface area contributed by atoms with Crippen molar-refractivity contribution in [1.29, 1.82) is 0 Å². The molecule has 0 spiro atoms. The molecule has 0 saturated heterocycles. The molecule has 110 valence electrons. The standard InChI is InChI=1S/C16H23NO2S/c1-11(2)15(12(3)4)9-17-16(19)13-8-14(20-10-13)6-5-7-18/h8,10-12,15,18H,7,9H2,1-4H3,(H,17,19). The molecule has 0 aromatic carbocycles. The number of nitrogens with one attached hydrogen (secondary N) is 1. The first kappa shape index (κ1) is 16.7. The number of carbonyl (C=O) groups excluding carboxylic acids is 1. The van der Waals surface area contributed by atoms with Gasteiger partial charge in [-0.1, -0.05) is 39.5 Å². The van der Waals surface area contributed by atoms with Gasteiger partial charge in [-0.15, -0.1) is 11.3 Å². The summed E-state index contributed by atoms with van der Waals surface area (Å²) in [5.74, 6) is 6.91. The van der Waals surface area contributed by atoms with Gasteiger partial charge in [0.05, 0.1) is 10.4 Å². The molecule has 0 atom stereocenters. The molecule has 2 N–H and O–H groups in total. The minimum Gasteiger partial charge on any atom is -0.384 e. The van der Waals surface area contributed by atoms with Crippen molar-refractivity contribution in [3.8, 4) is 11.8 Å². The third kappa shape index (κ3) is 4.99. The van der Waals surface area contributed by atoms with Gasteiger partial charge in [-0.05, 0) is 23.8 Å². The van der Waals surface area contributed by atoms with Gasteiger partial charge in [0.15, 0.2) is 0 Å². The summed E-state index contributed by atoms with van der Waals surface area (Å²) in [5, 5.41) is 13.4. The first-order chi connectivity index (χ1) is 9.45. The van der Waals surface area contributed by atoms with Gasteiger partial charge in [-0.2, -0.15) is 0 Å². The molecule has 1 aromatic heterocycles. The van der Waals surface area contributed by atoms with Gasteiger partial charge in [-0.3, -0.25) is 4.79 Å². The van der Waals surface area contributed by atoms with Crippen LogP contribution in [0.5, 0.6) is 0 Å². The summed E-state index contributed by atoms with van der Waals surface area (Å²) in [7, 11) is 0. The first-order valence-corrected chi connectivity index (χ1v) is 7.80. The van der Waals surface area contributed by atoms with E-state index in [1.54, 1.807) is 11.4 Å². The van der Waals surface area contributed by atoms with Crippen LogP contribution >= 0.6 is 11.3 Å². The van der Waals surface area contributed by atoms with Gasteiger partial charge in [0.25, 0.3) is 5.91 Å². The van der Waals surface area contributed by atoms with E-state index < -0.39 is 0 Å². The van der Waals surface area contributed by atoms with Crippen LogP contribution in [0.4, 0.5) is 0 Å². The number of carbonyl (C=O) groups is 1. The highest BCUT2D eigenvalue weighted by atomic mass is 32.1. The average Bonchev–Trinajstić information content (AvgIpc) is 2.84. The van der Waals surface area contributed by atoms with Gasteiger partial charge in [0.2, 0.25) is 0 Å². The molecule has 0 bridgehead atoms. The minimum absolute atomic E-state index is 0.0513. The van der Waals surface area contributed by atoms with Crippen LogP contribution < -0.4 is 5.32 Å². The number of hydrogen-bond acceptors (Lipinski definition) is 3. The van der Waals surface area contributed by atoms with Crippen molar-refractivity contribution in [2.24, 2.45) is 17.8 Å². The normalized spacial score (nSPS) is 10.8. The minimum atomic E-state index is -0.163. The van der Waals surface area contributed by atoms with E-state index in [1.807, 2.05) is 0 Å². The van der Waals surface area contributed by atoms with Crippen LogP contribution in [0.15, 0.2) is 11.4 Å². The van der Waals surface area contributed by atoms with Gasteiger partial charge < -0.3 is 10.4 Å². The van der Waals surface area contributed by atoms with Crippen molar-refractivity contribution in [3.63, 3.8) is 0 Å². The number of rotatable bonds is 5. The monoisotopic (exact) mass is 293 g/mol. The summed E-state index contributed by atoms with van der Waals surface area (Å²) in [6.45, 7) is 9.27. The van der Waals surface area contributed by atoms with Gasteiger partial charge >= 0.3 is 0 Å². The lowest BCUT2D eigenvalue weighted by Gasteiger charge is -2.24. The summed E-state index contributed by atoms with van der Waals surface area (Å²) in [5.41, 5.74) is 0.642. The first-order valence-electron chi connectivity index (χ1n) is 6.92. The Morgan fingerprint density at radius 2 is 2.00 bits per heavy atom. The van der Waals surface area contributed by atoms with Crippen LogP contribution in [0.2, 0.25) is 0 Å². The summed E-state index contributed by atoms with van der Waals surface area (Å²) in [6.07, 6.45) is 0. The number of aliphatic hydroxyl groups is 1. The zero-order valence-electron chi connectivity index (χ0n) is 12.6. The number of aliphatic hydroxyl groups excluding tert-OH is 1. The molecule has 0 unspecified atom stereocenters. The molecule has 0 saturated carbocycles. The Hall–Kier alpha value is -1.31. The maximum atomic E-state index is 12.1. The van der Waals surface area contributed by atoms with Crippen molar-refractivity contribution in [2.45, 2.75) is 27.7 Å². The molecule has 0 fully saturated rings. The highest BCUT2D eigenvalue weighted by molar-refractivity contribution is 7.10. The molecule has 0 aliphatic carbocycles. The second-order valence-corrected chi connectivity index (χ2v) is 6.43. The Bertz CT molecular complexity index is 486. The van der Waals surface area contributed by atoms with Gasteiger partial charge in [0, 0.05) is 11.9 Å². The highest BCUT2D eigenvalue weighted by Gasteiger charge is 2.18. The molecule has 0 aliphatic rings. The van der Waals surface area contributed by atoms with Gasteiger partial charge in [0.1, 0.15) is 6.61 Å². The van der Waals surface area contributed by atoms with Crippen LogP contribution in [-0.4, -0.2) is 24.2 Å².